The lowest BCUT2D eigenvalue weighted by Gasteiger charge is -2.37. The van der Waals surface area contributed by atoms with Gasteiger partial charge in [-0.15, -0.1) is 0 Å². The van der Waals surface area contributed by atoms with E-state index in [1.807, 2.05) is 30.3 Å². The predicted molar refractivity (Wildman–Crippen MR) is 140 cm³/mol. The van der Waals surface area contributed by atoms with E-state index in [4.69, 9.17) is 23.2 Å². The molecule has 0 radical (unpaired) electrons. The molecule has 3 aromatic carbocycles. The molecular weight excluding hydrogens is 517 g/mol. The van der Waals surface area contributed by atoms with E-state index in [-0.39, 0.29) is 28.7 Å². The van der Waals surface area contributed by atoms with Crippen LogP contribution in [0.25, 0.3) is 0 Å². The topological polar surface area (TPSA) is 58.2 Å². The Morgan fingerprint density at radius 1 is 0.973 bits per heavy atom. The van der Waals surface area contributed by atoms with E-state index in [0.717, 1.165) is 17.7 Å². The van der Waals surface area contributed by atoms with E-state index < -0.39 is 29.1 Å². The van der Waals surface area contributed by atoms with Gasteiger partial charge in [0.25, 0.3) is 5.91 Å². The minimum atomic E-state index is -0.907. The van der Waals surface area contributed by atoms with Crippen LogP contribution in [0.2, 0.25) is 10.0 Å². The van der Waals surface area contributed by atoms with Crippen LogP contribution in [0.15, 0.2) is 89.3 Å². The number of carbonyl (C=O) groups is 2. The number of dihydropyridines is 1. The first-order valence-electron chi connectivity index (χ1n) is 11.7. The van der Waals surface area contributed by atoms with Crippen LogP contribution < -0.4 is 10.6 Å². The molecule has 1 heterocycles. The van der Waals surface area contributed by atoms with E-state index in [0.29, 0.717) is 34.0 Å². The number of amides is 1. The average molecular weight is 539 g/mol. The van der Waals surface area contributed by atoms with Crippen molar-refractivity contribution in [3.8, 4) is 0 Å². The van der Waals surface area contributed by atoms with E-state index >= 15 is 0 Å². The second-order valence-corrected chi connectivity index (χ2v) is 9.99. The van der Waals surface area contributed by atoms with Gasteiger partial charge in [-0.2, -0.15) is 0 Å². The van der Waals surface area contributed by atoms with Gasteiger partial charge < -0.3 is 10.6 Å². The summed E-state index contributed by atoms with van der Waals surface area (Å²) in [4.78, 5) is 27.2. The summed E-state index contributed by atoms with van der Waals surface area (Å²) in [6.07, 6.45) is 0.809. The molecule has 0 saturated heterocycles. The third-order valence-electron chi connectivity index (χ3n) is 6.82. The molecule has 5 rings (SSSR count). The van der Waals surface area contributed by atoms with Crippen molar-refractivity contribution in [1.29, 1.82) is 0 Å². The number of Topliss-reactive ketones (excluding diaryl/α,β-unsaturated/α-hetero) is 1. The highest BCUT2D eigenvalue weighted by molar-refractivity contribution is 6.35. The number of nitrogens with one attached hydrogen (secondary N) is 2. The number of allylic oxidation sites excluding steroid dienone is 3. The molecule has 0 spiro atoms. The van der Waals surface area contributed by atoms with Crippen LogP contribution >= 0.6 is 23.2 Å². The molecule has 2 N–H and O–H groups in total. The number of anilines is 1. The molecule has 0 saturated carbocycles. The van der Waals surface area contributed by atoms with Gasteiger partial charge in [0.15, 0.2) is 5.78 Å². The molecule has 0 aromatic heterocycles. The molecule has 0 fully saturated rings. The van der Waals surface area contributed by atoms with Gasteiger partial charge in [-0.1, -0.05) is 65.7 Å². The van der Waals surface area contributed by atoms with Crippen LogP contribution in [0.1, 0.15) is 42.7 Å². The van der Waals surface area contributed by atoms with Crippen LogP contribution in [-0.2, 0) is 9.59 Å². The van der Waals surface area contributed by atoms with Crippen molar-refractivity contribution >= 4 is 40.6 Å². The van der Waals surface area contributed by atoms with Gasteiger partial charge >= 0.3 is 0 Å². The molecule has 0 bridgehead atoms. The molecule has 1 aliphatic carbocycles. The summed E-state index contributed by atoms with van der Waals surface area (Å²) in [5, 5.41) is 6.29. The minimum Gasteiger partial charge on any atom is -0.362 e. The van der Waals surface area contributed by atoms with Crippen molar-refractivity contribution in [2.24, 2.45) is 0 Å². The van der Waals surface area contributed by atoms with Crippen molar-refractivity contribution in [3.05, 3.63) is 122 Å². The second kappa shape index (κ2) is 10.1. The summed E-state index contributed by atoms with van der Waals surface area (Å²) in [5.41, 5.74) is 2.72. The standard InChI is InChI=1S/C29H22Cl2F2N2O2/c1-15-25(29(37)35-28-21(32)8-5-9-22(28)33)26(19-11-10-18(30)14-20(19)31)27-23(34-15)12-17(13-24(27)36)16-6-3-2-4-7-16/h2-11,14,17,26,34H,12-13H2,1H3,(H,35,37). The SMILES string of the molecule is CC1=C(C(=O)Nc2c(F)cccc2F)C(c2ccc(Cl)cc2Cl)C2=C(CC(c3ccccc3)CC2=O)N1. The third kappa shape index (κ3) is 4.79. The van der Waals surface area contributed by atoms with Gasteiger partial charge in [0.1, 0.15) is 17.3 Å². The van der Waals surface area contributed by atoms with Gasteiger partial charge in [0, 0.05) is 44.9 Å². The molecule has 4 nitrogen and oxygen atoms in total. The number of carbonyl (C=O) groups excluding carboxylic acids is 2. The molecule has 188 valence electrons. The Kier molecular flexibility index (Phi) is 6.88. The van der Waals surface area contributed by atoms with E-state index in [1.54, 1.807) is 25.1 Å². The largest absolute Gasteiger partial charge is 0.362 e. The average Bonchev–Trinajstić information content (AvgIpc) is 2.86. The van der Waals surface area contributed by atoms with Crippen LogP contribution in [0.4, 0.5) is 14.5 Å². The summed E-state index contributed by atoms with van der Waals surface area (Å²) in [6, 6.07) is 17.9. The molecule has 3 aromatic rings. The monoisotopic (exact) mass is 538 g/mol. The van der Waals surface area contributed by atoms with Crippen LogP contribution in [0, 0.1) is 11.6 Å². The Hall–Kier alpha value is -3.48. The fraction of sp³-hybridized carbons (Fsp3) is 0.172. The lowest BCUT2D eigenvalue weighted by molar-refractivity contribution is -0.116. The molecule has 2 aliphatic rings. The highest BCUT2D eigenvalue weighted by Crippen LogP contribution is 2.47. The number of para-hydroxylation sites is 1. The summed E-state index contributed by atoms with van der Waals surface area (Å²) in [6.45, 7) is 1.70. The Morgan fingerprint density at radius 3 is 2.35 bits per heavy atom. The van der Waals surface area contributed by atoms with Crippen molar-refractivity contribution in [2.75, 3.05) is 5.32 Å². The second-order valence-electron chi connectivity index (χ2n) is 9.14. The van der Waals surface area contributed by atoms with Crippen molar-refractivity contribution < 1.29 is 18.4 Å². The van der Waals surface area contributed by atoms with Gasteiger partial charge in [0.05, 0.1) is 0 Å². The smallest absolute Gasteiger partial charge is 0.254 e. The molecule has 37 heavy (non-hydrogen) atoms. The van der Waals surface area contributed by atoms with E-state index in [9.17, 15) is 18.4 Å². The maximum atomic E-state index is 14.4. The van der Waals surface area contributed by atoms with Crippen LogP contribution in [0.5, 0.6) is 0 Å². The van der Waals surface area contributed by atoms with Crippen LogP contribution in [-0.4, -0.2) is 11.7 Å². The van der Waals surface area contributed by atoms with Crippen LogP contribution in [0.3, 0.4) is 0 Å². The molecule has 1 aliphatic heterocycles. The maximum absolute atomic E-state index is 14.4. The summed E-state index contributed by atoms with van der Waals surface area (Å²) in [5.74, 6) is -3.56. The Balaban J connectivity index is 1.61. The summed E-state index contributed by atoms with van der Waals surface area (Å²) in [7, 11) is 0. The maximum Gasteiger partial charge on any atom is 0.254 e. The highest BCUT2D eigenvalue weighted by Gasteiger charge is 2.41. The first-order valence-corrected chi connectivity index (χ1v) is 12.5. The van der Waals surface area contributed by atoms with Gasteiger partial charge in [0.2, 0.25) is 0 Å². The van der Waals surface area contributed by atoms with E-state index in [1.165, 1.54) is 6.07 Å². The quantitative estimate of drug-likeness (QED) is 0.367. The molecule has 1 amide bonds. The number of ketones is 1. The number of hydrogen-bond donors (Lipinski definition) is 2. The fourth-order valence-corrected chi connectivity index (χ4v) is 5.66. The molecular formula is C29H22Cl2F2N2O2. The number of halogens is 4. The van der Waals surface area contributed by atoms with Gasteiger partial charge in [-0.05, 0) is 54.7 Å². The Bertz CT molecular complexity index is 1460. The molecule has 2 atom stereocenters. The van der Waals surface area contributed by atoms with Gasteiger partial charge in [-0.25, -0.2) is 8.78 Å². The third-order valence-corrected chi connectivity index (χ3v) is 7.38. The predicted octanol–water partition coefficient (Wildman–Crippen LogP) is 7.27. The first kappa shape index (κ1) is 25.2. The number of benzene rings is 3. The fourth-order valence-electron chi connectivity index (χ4n) is 5.15. The number of hydrogen-bond acceptors (Lipinski definition) is 3. The van der Waals surface area contributed by atoms with Crippen molar-refractivity contribution in [2.45, 2.75) is 31.6 Å². The van der Waals surface area contributed by atoms with Crippen molar-refractivity contribution in [1.82, 2.24) is 5.32 Å². The zero-order chi connectivity index (χ0) is 26.3. The van der Waals surface area contributed by atoms with Crippen molar-refractivity contribution in [3.63, 3.8) is 0 Å². The lowest BCUT2D eigenvalue weighted by atomic mass is 9.71. The Labute approximate surface area is 223 Å². The highest BCUT2D eigenvalue weighted by atomic mass is 35.5. The minimum absolute atomic E-state index is 0.0306. The Morgan fingerprint density at radius 2 is 1.68 bits per heavy atom. The molecule has 2 unspecified atom stereocenters. The van der Waals surface area contributed by atoms with E-state index in [2.05, 4.69) is 10.6 Å². The normalized spacial score (nSPS) is 19.4. The molecule has 8 heteroatoms. The lowest BCUT2D eigenvalue weighted by Crippen LogP contribution is -2.37. The van der Waals surface area contributed by atoms with Gasteiger partial charge in [-0.3, -0.25) is 9.59 Å². The zero-order valence-corrected chi connectivity index (χ0v) is 21.3. The summed E-state index contributed by atoms with van der Waals surface area (Å²) >= 11 is 12.7. The summed E-state index contributed by atoms with van der Waals surface area (Å²) < 4.78 is 28.7. The number of rotatable bonds is 4. The zero-order valence-electron chi connectivity index (χ0n) is 19.7. The first-order chi connectivity index (χ1) is 17.7.